The Balaban J connectivity index is 1.69. The third kappa shape index (κ3) is 4.23. The molecule has 26 heavy (non-hydrogen) atoms. The predicted octanol–water partition coefficient (Wildman–Crippen LogP) is 4.01. The van der Waals surface area contributed by atoms with Crippen molar-refractivity contribution in [2.24, 2.45) is 0 Å². The summed E-state index contributed by atoms with van der Waals surface area (Å²) >= 11 is 1.64. The van der Waals surface area contributed by atoms with E-state index in [0.29, 0.717) is 30.4 Å². The third-order valence-corrected chi connectivity index (χ3v) is 4.54. The number of aryl methyl sites for hydroxylation is 2. The molecule has 0 aliphatic rings. The molecule has 0 atom stereocenters. The fraction of sp³-hybridized carbons (Fsp3) is 0.263. The molecule has 0 unspecified atom stereocenters. The minimum absolute atomic E-state index is 0.327. The Hall–Kier alpha value is -2.80. The van der Waals surface area contributed by atoms with Crippen LogP contribution in [0.1, 0.15) is 33.5 Å². The number of carbonyl (C=O) groups is 1. The standard InChI is InChI=1S/C19H20N4O2S/c1-4-25-18(24)16-10-21-19(22-12(16)2)20-9-14-6-5-7-15(8-14)17-11-26-13(3)23-17/h5-8,10-11H,4,9H2,1-3H3,(H,20,21,22). The topological polar surface area (TPSA) is 77.0 Å². The summed E-state index contributed by atoms with van der Waals surface area (Å²) in [5.41, 5.74) is 4.15. The molecular weight excluding hydrogens is 348 g/mol. The zero-order chi connectivity index (χ0) is 18.5. The highest BCUT2D eigenvalue weighted by atomic mass is 32.1. The zero-order valence-electron chi connectivity index (χ0n) is 14.9. The van der Waals surface area contributed by atoms with Crippen LogP contribution in [0.5, 0.6) is 0 Å². The fourth-order valence-electron chi connectivity index (χ4n) is 2.48. The number of nitrogens with zero attached hydrogens (tertiary/aromatic N) is 3. The van der Waals surface area contributed by atoms with Gasteiger partial charge in [-0.2, -0.15) is 0 Å². The van der Waals surface area contributed by atoms with Crippen LogP contribution in [0.3, 0.4) is 0 Å². The lowest BCUT2D eigenvalue weighted by atomic mass is 10.1. The summed E-state index contributed by atoms with van der Waals surface area (Å²) in [5.74, 6) is 0.0771. The predicted molar refractivity (Wildman–Crippen MR) is 102 cm³/mol. The molecule has 2 heterocycles. The highest BCUT2D eigenvalue weighted by Crippen LogP contribution is 2.22. The van der Waals surface area contributed by atoms with Crippen molar-refractivity contribution >= 4 is 23.3 Å². The number of thiazole rings is 1. The lowest BCUT2D eigenvalue weighted by Crippen LogP contribution is -2.11. The largest absolute Gasteiger partial charge is 0.462 e. The van der Waals surface area contributed by atoms with Crippen LogP contribution >= 0.6 is 11.3 Å². The highest BCUT2D eigenvalue weighted by Gasteiger charge is 2.12. The number of benzene rings is 1. The van der Waals surface area contributed by atoms with Crippen molar-refractivity contribution in [2.45, 2.75) is 27.3 Å². The van der Waals surface area contributed by atoms with Crippen LogP contribution in [0.4, 0.5) is 5.95 Å². The summed E-state index contributed by atoms with van der Waals surface area (Å²) < 4.78 is 4.99. The molecule has 0 saturated heterocycles. The van der Waals surface area contributed by atoms with E-state index in [4.69, 9.17) is 4.74 Å². The molecule has 0 fully saturated rings. The molecule has 1 aromatic carbocycles. The minimum atomic E-state index is -0.400. The quantitative estimate of drug-likeness (QED) is 0.663. The number of esters is 1. The number of nitrogens with one attached hydrogen (secondary N) is 1. The molecule has 2 aromatic heterocycles. The first-order valence-corrected chi connectivity index (χ1v) is 9.21. The summed E-state index contributed by atoms with van der Waals surface area (Å²) in [4.78, 5) is 24.9. The maximum atomic E-state index is 11.8. The highest BCUT2D eigenvalue weighted by molar-refractivity contribution is 7.09. The van der Waals surface area contributed by atoms with E-state index in [0.717, 1.165) is 21.8 Å². The number of carbonyl (C=O) groups excluding carboxylic acids is 1. The number of hydrogen-bond acceptors (Lipinski definition) is 7. The van der Waals surface area contributed by atoms with Crippen molar-refractivity contribution in [3.05, 3.63) is 57.7 Å². The van der Waals surface area contributed by atoms with Crippen molar-refractivity contribution in [1.29, 1.82) is 0 Å². The lowest BCUT2D eigenvalue weighted by molar-refractivity contribution is 0.0524. The van der Waals surface area contributed by atoms with Crippen LogP contribution in [-0.2, 0) is 11.3 Å². The van der Waals surface area contributed by atoms with Crippen LogP contribution in [0.2, 0.25) is 0 Å². The van der Waals surface area contributed by atoms with E-state index in [1.165, 1.54) is 6.20 Å². The van der Waals surface area contributed by atoms with E-state index in [2.05, 4.69) is 31.7 Å². The Labute approximate surface area is 156 Å². The number of ether oxygens (including phenoxy) is 1. The average molecular weight is 368 g/mol. The summed E-state index contributed by atoms with van der Waals surface area (Å²) in [7, 11) is 0. The second kappa shape index (κ2) is 8.05. The van der Waals surface area contributed by atoms with E-state index in [1.807, 2.05) is 25.1 Å². The third-order valence-electron chi connectivity index (χ3n) is 3.77. The SMILES string of the molecule is CCOC(=O)c1cnc(NCc2cccc(-c3csc(C)n3)c2)nc1C. The second-order valence-corrected chi connectivity index (χ2v) is 6.78. The van der Waals surface area contributed by atoms with Gasteiger partial charge in [0.2, 0.25) is 5.95 Å². The maximum absolute atomic E-state index is 11.8. The van der Waals surface area contributed by atoms with Gasteiger partial charge in [-0.3, -0.25) is 0 Å². The van der Waals surface area contributed by atoms with Gasteiger partial charge in [-0.25, -0.2) is 19.7 Å². The van der Waals surface area contributed by atoms with Crippen LogP contribution in [0.15, 0.2) is 35.8 Å². The van der Waals surface area contributed by atoms with Gasteiger partial charge in [0.1, 0.15) is 0 Å². The number of aromatic nitrogens is 3. The minimum Gasteiger partial charge on any atom is -0.462 e. The second-order valence-electron chi connectivity index (χ2n) is 5.72. The first-order valence-electron chi connectivity index (χ1n) is 8.33. The molecule has 6 nitrogen and oxygen atoms in total. The van der Waals surface area contributed by atoms with Crippen LogP contribution in [0.25, 0.3) is 11.3 Å². The normalized spacial score (nSPS) is 10.6. The van der Waals surface area contributed by atoms with Gasteiger partial charge in [0.15, 0.2) is 0 Å². The summed E-state index contributed by atoms with van der Waals surface area (Å²) in [6.45, 7) is 6.44. The van der Waals surface area contributed by atoms with Crippen molar-refractivity contribution < 1.29 is 9.53 Å². The van der Waals surface area contributed by atoms with Crippen molar-refractivity contribution in [3.8, 4) is 11.3 Å². The maximum Gasteiger partial charge on any atom is 0.341 e. The van der Waals surface area contributed by atoms with Gasteiger partial charge in [0, 0.05) is 23.7 Å². The van der Waals surface area contributed by atoms with Gasteiger partial charge in [-0.05, 0) is 32.4 Å². The summed E-state index contributed by atoms with van der Waals surface area (Å²) in [6.07, 6.45) is 1.50. The van der Waals surface area contributed by atoms with Crippen molar-refractivity contribution in [2.75, 3.05) is 11.9 Å². The molecule has 3 rings (SSSR count). The summed E-state index contributed by atoms with van der Waals surface area (Å²) in [5, 5.41) is 6.30. The monoisotopic (exact) mass is 368 g/mol. The molecule has 0 aliphatic carbocycles. The number of anilines is 1. The van der Waals surface area contributed by atoms with E-state index in [-0.39, 0.29) is 0 Å². The first-order chi connectivity index (χ1) is 12.6. The fourth-order valence-corrected chi connectivity index (χ4v) is 3.10. The van der Waals surface area contributed by atoms with Gasteiger partial charge in [-0.15, -0.1) is 11.3 Å². The molecule has 0 spiro atoms. The Morgan fingerprint density at radius 1 is 1.27 bits per heavy atom. The molecule has 7 heteroatoms. The molecule has 3 aromatic rings. The lowest BCUT2D eigenvalue weighted by Gasteiger charge is -2.09. The average Bonchev–Trinajstić information content (AvgIpc) is 3.07. The molecule has 0 aliphatic heterocycles. The molecule has 1 N–H and O–H groups in total. The molecular formula is C19H20N4O2S. The van der Waals surface area contributed by atoms with Gasteiger partial charge < -0.3 is 10.1 Å². The van der Waals surface area contributed by atoms with Gasteiger partial charge in [0.05, 0.1) is 28.6 Å². The van der Waals surface area contributed by atoms with Crippen molar-refractivity contribution in [3.63, 3.8) is 0 Å². The summed E-state index contributed by atoms with van der Waals surface area (Å²) in [6, 6.07) is 8.20. The van der Waals surface area contributed by atoms with Gasteiger partial charge in [0.25, 0.3) is 0 Å². The number of hydrogen-bond donors (Lipinski definition) is 1. The Bertz CT molecular complexity index is 923. The van der Waals surface area contributed by atoms with Crippen LogP contribution < -0.4 is 5.32 Å². The van der Waals surface area contributed by atoms with Crippen LogP contribution in [-0.4, -0.2) is 27.5 Å². The van der Waals surface area contributed by atoms with E-state index in [9.17, 15) is 4.79 Å². The van der Waals surface area contributed by atoms with Crippen LogP contribution in [0, 0.1) is 13.8 Å². The molecule has 0 amide bonds. The first kappa shape index (κ1) is 18.0. The van der Waals surface area contributed by atoms with E-state index >= 15 is 0 Å². The Morgan fingerprint density at radius 3 is 2.81 bits per heavy atom. The Morgan fingerprint density at radius 2 is 2.12 bits per heavy atom. The van der Waals surface area contributed by atoms with E-state index < -0.39 is 5.97 Å². The smallest absolute Gasteiger partial charge is 0.341 e. The molecule has 0 radical (unpaired) electrons. The van der Waals surface area contributed by atoms with Crippen molar-refractivity contribution in [1.82, 2.24) is 15.0 Å². The Kier molecular flexibility index (Phi) is 5.58. The number of rotatable bonds is 6. The van der Waals surface area contributed by atoms with E-state index in [1.54, 1.807) is 25.2 Å². The molecule has 0 saturated carbocycles. The van der Waals surface area contributed by atoms with Gasteiger partial charge in [-0.1, -0.05) is 18.2 Å². The van der Waals surface area contributed by atoms with Gasteiger partial charge >= 0.3 is 5.97 Å². The zero-order valence-corrected chi connectivity index (χ0v) is 15.8. The molecule has 0 bridgehead atoms. The molecule has 134 valence electrons.